The van der Waals surface area contributed by atoms with Crippen LogP contribution in [0.4, 0.5) is 16.0 Å². The Morgan fingerprint density at radius 2 is 1.87 bits per heavy atom. The second kappa shape index (κ2) is 7.98. The van der Waals surface area contributed by atoms with Crippen molar-refractivity contribution in [3.8, 4) is 11.5 Å². The number of methoxy groups -OCH3 is 1. The van der Waals surface area contributed by atoms with Gasteiger partial charge in [-0.05, 0) is 25.1 Å². The third-order valence-electron chi connectivity index (χ3n) is 4.99. The molecule has 0 fully saturated rings. The van der Waals surface area contributed by atoms with E-state index in [1.165, 1.54) is 13.2 Å². The van der Waals surface area contributed by atoms with Gasteiger partial charge in [0.15, 0.2) is 11.5 Å². The molecule has 1 aromatic carbocycles. The molecule has 4 aromatic rings. The highest BCUT2D eigenvalue weighted by atomic mass is 19.1. The largest absolute Gasteiger partial charge is 0.469 e. The van der Waals surface area contributed by atoms with Crippen LogP contribution in [-0.2, 0) is 16.1 Å². The summed E-state index contributed by atoms with van der Waals surface area (Å²) < 4.78 is 20.5. The molecule has 3 heterocycles. The van der Waals surface area contributed by atoms with Crippen LogP contribution in [0, 0.1) is 5.82 Å². The third-order valence-corrected chi connectivity index (χ3v) is 4.99. The van der Waals surface area contributed by atoms with Gasteiger partial charge in [0, 0.05) is 11.8 Å². The maximum absolute atomic E-state index is 14.2. The van der Waals surface area contributed by atoms with Gasteiger partial charge in [-0.1, -0.05) is 18.2 Å². The fourth-order valence-corrected chi connectivity index (χ4v) is 3.42. The molecule has 10 heteroatoms. The van der Waals surface area contributed by atoms with E-state index in [2.05, 4.69) is 20.1 Å². The number of nitrogen functional groups attached to an aromatic ring is 2. The highest BCUT2D eigenvalue weighted by Crippen LogP contribution is 2.31. The number of ether oxygens (including phenoxy) is 1. The molecule has 0 spiro atoms. The maximum atomic E-state index is 14.2. The minimum Gasteiger partial charge on any atom is -0.469 e. The predicted octanol–water partition coefficient (Wildman–Crippen LogP) is 2.52. The Bertz CT molecular complexity index is 1260. The van der Waals surface area contributed by atoms with E-state index >= 15 is 0 Å². The van der Waals surface area contributed by atoms with E-state index in [1.54, 1.807) is 42.1 Å². The van der Waals surface area contributed by atoms with Crippen molar-refractivity contribution in [2.45, 2.75) is 19.4 Å². The first kappa shape index (κ1) is 20.2. The summed E-state index contributed by atoms with van der Waals surface area (Å²) in [5, 5.41) is 5.22. The Hall–Kier alpha value is -4.08. The molecule has 3 aromatic heterocycles. The molecule has 158 valence electrons. The van der Waals surface area contributed by atoms with Crippen LogP contribution in [0.2, 0.25) is 0 Å². The highest BCUT2D eigenvalue weighted by Gasteiger charge is 2.25. The Kier molecular flexibility index (Phi) is 5.20. The summed E-state index contributed by atoms with van der Waals surface area (Å²) in [5.74, 6) is -1.27. The fourth-order valence-electron chi connectivity index (χ4n) is 3.42. The average molecular weight is 421 g/mol. The molecule has 0 saturated heterocycles. The molecule has 4 rings (SSSR count). The molecule has 0 bridgehead atoms. The van der Waals surface area contributed by atoms with Crippen molar-refractivity contribution in [3.05, 3.63) is 59.5 Å². The molecule has 31 heavy (non-hydrogen) atoms. The minimum absolute atomic E-state index is 0.0566. The fraction of sp³-hybridized carbons (Fsp3) is 0.190. The predicted molar refractivity (Wildman–Crippen MR) is 113 cm³/mol. The molecule has 1 unspecified atom stereocenters. The second-order valence-electron chi connectivity index (χ2n) is 6.95. The van der Waals surface area contributed by atoms with Crippen molar-refractivity contribution in [3.63, 3.8) is 0 Å². The van der Waals surface area contributed by atoms with Crippen LogP contribution in [0.1, 0.15) is 24.0 Å². The Morgan fingerprint density at radius 1 is 1.16 bits per heavy atom. The lowest BCUT2D eigenvalue weighted by Crippen LogP contribution is -2.17. The van der Waals surface area contributed by atoms with Gasteiger partial charge in [-0.2, -0.15) is 5.10 Å². The first-order valence-electron chi connectivity index (χ1n) is 9.46. The quantitative estimate of drug-likeness (QED) is 0.469. The highest BCUT2D eigenvalue weighted by molar-refractivity contribution is 5.90. The lowest BCUT2D eigenvalue weighted by Gasteiger charge is -2.14. The first-order valence-corrected chi connectivity index (χ1v) is 9.46. The number of benzene rings is 1. The third kappa shape index (κ3) is 3.63. The summed E-state index contributed by atoms with van der Waals surface area (Å²) in [6.45, 7) is 1.78. The van der Waals surface area contributed by atoms with E-state index in [0.717, 1.165) is 0 Å². The Labute approximate surface area is 176 Å². The molecule has 0 saturated carbocycles. The summed E-state index contributed by atoms with van der Waals surface area (Å²) in [6, 6.07) is 10.0. The number of nitrogens with zero attached hydrogens (tertiary/aromatic N) is 5. The average Bonchev–Trinajstić information content (AvgIpc) is 3.12. The van der Waals surface area contributed by atoms with Gasteiger partial charge in [-0.25, -0.2) is 24.0 Å². The van der Waals surface area contributed by atoms with Gasteiger partial charge in [0.2, 0.25) is 0 Å². The van der Waals surface area contributed by atoms with Crippen molar-refractivity contribution in [2.75, 3.05) is 18.6 Å². The topological polar surface area (TPSA) is 135 Å². The van der Waals surface area contributed by atoms with Gasteiger partial charge in [0.05, 0.1) is 30.5 Å². The van der Waals surface area contributed by atoms with Gasteiger partial charge in [0.1, 0.15) is 23.1 Å². The summed E-state index contributed by atoms with van der Waals surface area (Å²) in [5.41, 5.74) is 13.9. The van der Waals surface area contributed by atoms with E-state index < -0.39 is 11.9 Å². The van der Waals surface area contributed by atoms with E-state index in [4.69, 9.17) is 16.2 Å². The number of fused-ring (bicyclic) bond motifs is 1. The van der Waals surface area contributed by atoms with Crippen molar-refractivity contribution in [1.82, 2.24) is 24.7 Å². The number of hydrogen-bond acceptors (Lipinski definition) is 8. The number of anilines is 2. The number of esters is 1. The molecular formula is C21H20FN7O2. The zero-order valence-electron chi connectivity index (χ0n) is 16.9. The van der Waals surface area contributed by atoms with Crippen LogP contribution in [0.5, 0.6) is 0 Å². The van der Waals surface area contributed by atoms with Crippen molar-refractivity contribution in [1.29, 1.82) is 0 Å². The lowest BCUT2D eigenvalue weighted by molar-refractivity contribution is -0.141. The number of halogens is 1. The summed E-state index contributed by atoms with van der Waals surface area (Å²) in [6.07, 6.45) is 1.62. The monoisotopic (exact) mass is 421 g/mol. The van der Waals surface area contributed by atoms with Crippen LogP contribution < -0.4 is 11.5 Å². The zero-order valence-corrected chi connectivity index (χ0v) is 16.9. The van der Waals surface area contributed by atoms with Gasteiger partial charge in [-0.3, -0.25) is 4.79 Å². The summed E-state index contributed by atoms with van der Waals surface area (Å²) >= 11 is 0. The van der Waals surface area contributed by atoms with Crippen LogP contribution in [0.25, 0.3) is 22.6 Å². The number of hydrogen-bond donors (Lipinski definition) is 2. The molecule has 4 N–H and O–H groups in total. The van der Waals surface area contributed by atoms with Gasteiger partial charge >= 0.3 is 5.97 Å². The number of carbonyl (C=O) groups excluding carboxylic acids is 1. The van der Waals surface area contributed by atoms with E-state index in [-0.39, 0.29) is 29.8 Å². The molecule has 0 radical (unpaired) electrons. The lowest BCUT2D eigenvalue weighted by atomic mass is 10.0. The zero-order chi connectivity index (χ0) is 22.1. The summed E-state index contributed by atoms with van der Waals surface area (Å²) in [7, 11) is 1.28. The molecule has 1 atom stereocenters. The SMILES string of the molecule is COC(=O)C(C)c1c(N)nc(-c2nn(Cc3ccccc3F)c3ncccc23)nc1N. The number of nitrogens with two attached hydrogens (primary N) is 2. The standard InChI is InChI=1S/C21H20FN7O2/c1-11(21(30)31-2)15-17(23)26-19(27-18(15)24)16-13-7-5-9-25-20(13)29(28-16)10-12-6-3-4-8-14(12)22/h3-9,11H,10H2,1-2H3,(H4,23,24,26,27). The van der Waals surface area contributed by atoms with Crippen LogP contribution in [0.15, 0.2) is 42.6 Å². The number of rotatable bonds is 5. The summed E-state index contributed by atoms with van der Waals surface area (Å²) in [4.78, 5) is 24.9. The molecule has 0 amide bonds. The van der Waals surface area contributed by atoms with Crippen molar-refractivity contribution >= 4 is 28.6 Å². The Morgan fingerprint density at radius 3 is 2.55 bits per heavy atom. The van der Waals surface area contributed by atoms with Crippen LogP contribution in [-0.4, -0.2) is 37.8 Å². The number of pyridine rings is 1. The van der Waals surface area contributed by atoms with E-state index in [0.29, 0.717) is 27.9 Å². The molecular weight excluding hydrogens is 401 g/mol. The second-order valence-corrected chi connectivity index (χ2v) is 6.95. The normalized spacial score (nSPS) is 12.1. The molecule has 0 aliphatic rings. The van der Waals surface area contributed by atoms with Crippen molar-refractivity contribution in [2.24, 2.45) is 0 Å². The minimum atomic E-state index is -0.726. The first-order chi connectivity index (χ1) is 14.9. The smallest absolute Gasteiger partial charge is 0.313 e. The van der Waals surface area contributed by atoms with Crippen LogP contribution >= 0.6 is 0 Å². The molecule has 9 nitrogen and oxygen atoms in total. The van der Waals surface area contributed by atoms with Crippen LogP contribution in [0.3, 0.4) is 0 Å². The van der Waals surface area contributed by atoms with E-state index in [9.17, 15) is 9.18 Å². The van der Waals surface area contributed by atoms with E-state index in [1.807, 2.05) is 6.07 Å². The van der Waals surface area contributed by atoms with Gasteiger partial charge in [-0.15, -0.1) is 0 Å². The molecule has 0 aliphatic carbocycles. The van der Waals surface area contributed by atoms with Crippen molar-refractivity contribution < 1.29 is 13.9 Å². The van der Waals surface area contributed by atoms with Gasteiger partial charge < -0.3 is 16.2 Å². The number of carbonyl (C=O) groups is 1. The Balaban J connectivity index is 1.82. The maximum Gasteiger partial charge on any atom is 0.313 e. The molecule has 0 aliphatic heterocycles. The van der Waals surface area contributed by atoms with Gasteiger partial charge in [0.25, 0.3) is 0 Å². The number of aromatic nitrogens is 5.